The first-order valence-corrected chi connectivity index (χ1v) is 12.7. The van der Waals surface area contributed by atoms with Crippen LogP contribution in [-0.4, -0.2) is 53.3 Å². The molecule has 33 heavy (non-hydrogen) atoms. The van der Waals surface area contributed by atoms with E-state index in [0.717, 1.165) is 68.9 Å². The van der Waals surface area contributed by atoms with Crippen LogP contribution < -0.4 is 0 Å². The Morgan fingerprint density at radius 1 is 1.06 bits per heavy atom. The Labute approximate surface area is 198 Å². The van der Waals surface area contributed by atoms with Gasteiger partial charge in [-0.3, -0.25) is 4.98 Å². The molecule has 3 unspecified atom stereocenters. The second-order valence-electron chi connectivity index (χ2n) is 10.2. The van der Waals surface area contributed by atoms with E-state index in [1.807, 2.05) is 42.7 Å². The fourth-order valence-electron chi connectivity index (χ4n) is 5.95. The number of pyridine rings is 1. The zero-order valence-electron chi connectivity index (χ0n) is 20.0. The van der Waals surface area contributed by atoms with Crippen molar-refractivity contribution in [3.05, 3.63) is 66.0 Å². The molecule has 2 aliphatic rings. The van der Waals surface area contributed by atoms with Gasteiger partial charge >= 0.3 is 5.97 Å². The maximum Gasteiger partial charge on any atom is 0.343 e. The van der Waals surface area contributed by atoms with E-state index in [2.05, 4.69) is 24.2 Å². The summed E-state index contributed by atoms with van der Waals surface area (Å²) in [5.74, 6) is -0.540. The normalized spacial score (nSPS) is 25.5. The lowest BCUT2D eigenvalue weighted by atomic mass is 9.73. The molecular weight excluding hydrogens is 412 g/mol. The Morgan fingerprint density at radius 2 is 1.79 bits per heavy atom. The monoisotopic (exact) mass is 451 g/mol. The van der Waals surface area contributed by atoms with Crippen molar-refractivity contribution in [2.24, 2.45) is 5.92 Å². The van der Waals surface area contributed by atoms with E-state index in [1.165, 1.54) is 12.0 Å². The summed E-state index contributed by atoms with van der Waals surface area (Å²) in [5.41, 5.74) is 0.437. The Kier molecular flexibility index (Phi) is 7.82. The number of likely N-dealkylation sites (tertiary alicyclic amines) is 1. The van der Waals surface area contributed by atoms with Crippen LogP contribution in [0.3, 0.4) is 0 Å². The van der Waals surface area contributed by atoms with E-state index in [0.29, 0.717) is 12.2 Å². The number of nitrogens with zero attached hydrogens (tertiary/aromatic N) is 2. The van der Waals surface area contributed by atoms with E-state index in [-0.39, 0.29) is 12.0 Å². The summed E-state index contributed by atoms with van der Waals surface area (Å²) in [6, 6.07) is 13.9. The van der Waals surface area contributed by atoms with Gasteiger partial charge in [0.25, 0.3) is 0 Å². The van der Waals surface area contributed by atoms with Crippen LogP contribution in [0.4, 0.5) is 0 Å². The minimum absolute atomic E-state index is 0.0778. The molecule has 1 aliphatic heterocycles. The lowest BCUT2D eigenvalue weighted by Gasteiger charge is -2.39. The number of likely N-dealkylation sites (N-methyl/N-ethyl adjacent to an activating group) is 1. The van der Waals surface area contributed by atoms with E-state index >= 15 is 0 Å². The molecule has 3 atom stereocenters. The lowest BCUT2D eigenvalue weighted by molar-refractivity contribution is -0.921. The highest BCUT2D eigenvalue weighted by Gasteiger charge is 2.48. The summed E-state index contributed by atoms with van der Waals surface area (Å²) in [6.45, 7) is 2.56. The van der Waals surface area contributed by atoms with Crippen molar-refractivity contribution in [2.75, 3.05) is 26.7 Å². The SMILES string of the molecule is C[N+]1(CCCc2ccncc2)CCCC1COC(=O)C(O)(c1ccccc1)C1CCCCC1. The maximum absolute atomic E-state index is 13.4. The smallest absolute Gasteiger partial charge is 0.343 e. The van der Waals surface area contributed by atoms with Gasteiger partial charge in [0.15, 0.2) is 5.60 Å². The van der Waals surface area contributed by atoms with E-state index in [1.54, 1.807) is 0 Å². The summed E-state index contributed by atoms with van der Waals surface area (Å²) in [7, 11) is 2.29. The predicted molar refractivity (Wildman–Crippen MR) is 129 cm³/mol. The predicted octanol–water partition coefficient (Wildman–Crippen LogP) is 4.63. The number of hydrogen-bond acceptors (Lipinski definition) is 4. The minimum atomic E-state index is -1.55. The number of esters is 1. The number of aromatic nitrogens is 1. The first kappa shape index (κ1) is 23.9. The molecule has 0 bridgehead atoms. The number of aryl methyl sites for hydroxylation is 1. The van der Waals surface area contributed by atoms with Gasteiger partial charge < -0.3 is 14.3 Å². The number of rotatable bonds is 9. The van der Waals surface area contributed by atoms with Gasteiger partial charge in [0, 0.05) is 37.6 Å². The van der Waals surface area contributed by atoms with Crippen molar-refractivity contribution in [3.63, 3.8) is 0 Å². The van der Waals surface area contributed by atoms with Crippen molar-refractivity contribution in [3.8, 4) is 0 Å². The third-order valence-corrected chi connectivity index (χ3v) is 8.10. The third kappa shape index (κ3) is 5.47. The molecule has 1 saturated heterocycles. The maximum atomic E-state index is 13.4. The Hall–Kier alpha value is -2.24. The first-order valence-electron chi connectivity index (χ1n) is 12.7. The molecule has 0 spiro atoms. The van der Waals surface area contributed by atoms with Crippen molar-refractivity contribution < 1.29 is 19.1 Å². The number of carbonyl (C=O) groups is 1. The molecule has 2 fully saturated rings. The summed E-state index contributed by atoms with van der Waals surface area (Å²) >= 11 is 0. The van der Waals surface area contributed by atoms with Crippen LogP contribution in [-0.2, 0) is 21.6 Å². The molecule has 0 amide bonds. The Morgan fingerprint density at radius 3 is 2.52 bits per heavy atom. The molecule has 5 heteroatoms. The zero-order valence-corrected chi connectivity index (χ0v) is 20.0. The Balaban J connectivity index is 1.39. The number of quaternary nitrogens is 1. The first-order chi connectivity index (χ1) is 16.0. The van der Waals surface area contributed by atoms with Crippen molar-refractivity contribution >= 4 is 5.97 Å². The summed E-state index contributed by atoms with van der Waals surface area (Å²) in [5, 5.41) is 11.8. The van der Waals surface area contributed by atoms with Gasteiger partial charge in [0.05, 0.1) is 20.1 Å². The van der Waals surface area contributed by atoms with Crippen molar-refractivity contribution in [1.82, 2.24) is 4.98 Å². The van der Waals surface area contributed by atoms with Gasteiger partial charge in [-0.15, -0.1) is 0 Å². The molecule has 2 heterocycles. The molecule has 1 aliphatic carbocycles. The van der Waals surface area contributed by atoms with Crippen LogP contribution in [0.25, 0.3) is 0 Å². The van der Waals surface area contributed by atoms with Crippen LogP contribution in [0.15, 0.2) is 54.9 Å². The molecule has 1 aromatic heterocycles. The van der Waals surface area contributed by atoms with Crippen molar-refractivity contribution in [2.45, 2.75) is 69.4 Å². The number of benzene rings is 1. The highest BCUT2D eigenvalue weighted by molar-refractivity contribution is 5.81. The number of aliphatic hydroxyl groups is 1. The summed E-state index contributed by atoms with van der Waals surface area (Å²) in [6.07, 6.45) is 13.1. The molecule has 0 radical (unpaired) electrons. The average molecular weight is 452 g/mol. The van der Waals surface area contributed by atoms with Crippen LogP contribution in [0, 0.1) is 5.92 Å². The zero-order chi connectivity index (χ0) is 23.2. The van der Waals surface area contributed by atoms with Gasteiger partial charge in [0.2, 0.25) is 0 Å². The number of hydrogen-bond donors (Lipinski definition) is 1. The fraction of sp³-hybridized carbons (Fsp3) is 0.571. The van der Waals surface area contributed by atoms with Gasteiger partial charge in [-0.05, 0) is 42.5 Å². The van der Waals surface area contributed by atoms with Crippen LogP contribution in [0.2, 0.25) is 0 Å². The van der Waals surface area contributed by atoms with E-state index in [4.69, 9.17) is 4.74 Å². The summed E-state index contributed by atoms with van der Waals surface area (Å²) < 4.78 is 6.88. The average Bonchev–Trinajstić information content (AvgIpc) is 3.23. The second kappa shape index (κ2) is 10.8. The van der Waals surface area contributed by atoms with Gasteiger partial charge in [0.1, 0.15) is 12.6 Å². The standard InChI is InChI=1S/C28H39N2O3/c1-30(20-8-10-23-16-18-29-19-17-23)21-9-15-26(30)22-33-27(31)28(32,24-11-4-2-5-12-24)25-13-6-3-7-14-25/h2,4-5,11-12,16-19,25-26,32H,3,6-10,13-15,20-22H2,1H3/q+1. The topological polar surface area (TPSA) is 59.4 Å². The molecule has 178 valence electrons. The fourth-order valence-corrected chi connectivity index (χ4v) is 5.95. The number of carbonyl (C=O) groups excluding carboxylic acids is 1. The second-order valence-corrected chi connectivity index (χ2v) is 10.2. The minimum Gasteiger partial charge on any atom is -0.457 e. The van der Waals surface area contributed by atoms with Gasteiger partial charge in [-0.1, -0.05) is 49.6 Å². The highest BCUT2D eigenvalue weighted by Crippen LogP contribution is 2.40. The Bertz CT molecular complexity index is 885. The van der Waals surface area contributed by atoms with Crippen LogP contribution in [0.1, 0.15) is 62.5 Å². The van der Waals surface area contributed by atoms with Gasteiger partial charge in [-0.2, -0.15) is 0 Å². The van der Waals surface area contributed by atoms with Gasteiger partial charge in [-0.25, -0.2) is 4.79 Å². The van der Waals surface area contributed by atoms with E-state index in [9.17, 15) is 9.90 Å². The molecule has 1 aromatic carbocycles. The molecule has 5 nitrogen and oxygen atoms in total. The molecular formula is C28H39N2O3+. The van der Waals surface area contributed by atoms with Crippen LogP contribution >= 0.6 is 0 Å². The summed E-state index contributed by atoms with van der Waals surface area (Å²) in [4.78, 5) is 17.5. The van der Waals surface area contributed by atoms with Crippen LogP contribution in [0.5, 0.6) is 0 Å². The number of ether oxygens (including phenoxy) is 1. The largest absolute Gasteiger partial charge is 0.457 e. The molecule has 1 saturated carbocycles. The van der Waals surface area contributed by atoms with E-state index < -0.39 is 11.6 Å². The molecule has 1 N–H and O–H groups in total. The lowest BCUT2D eigenvalue weighted by Crippen LogP contribution is -2.52. The quantitative estimate of drug-likeness (QED) is 0.446. The highest BCUT2D eigenvalue weighted by atomic mass is 16.6. The molecule has 4 rings (SSSR count). The molecule has 2 aromatic rings. The van der Waals surface area contributed by atoms with Crippen molar-refractivity contribution in [1.29, 1.82) is 0 Å². The third-order valence-electron chi connectivity index (χ3n) is 8.10.